The Balaban J connectivity index is 1.76. The molecule has 0 bridgehead atoms. The van der Waals surface area contributed by atoms with Gasteiger partial charge >= 0.3 is 0 Å². The normalized spacial score (nSPS) is 11.9. The molecule has 0 aromatic heterocycles. The number of hydrogen-bond acceptors (Lipinski definition) is 8. The van der Waals surface area contributed by atoms with E-state index in [0.717, 1.165) is 49.7 Å². The van der Waals surface area contributed by atoms with Gasteiger partial charge in [0.2, 0.25) is 0 Å². The van der Waals surface area contributed by atoms with Crippen LogP contribution < -0.4 is 18.9 Å². The van der Waals surface area contributed by atoms with Crippen molar-refractivity contribution in [1.82, 2.24) is 0 Å². The van der Waals surface area contributed by atoms with Crippen LogP contribution in [-0.4, -0.2) is 50.3 Å². The zero-order valence-electron chi connectivity index (χ0n) is 20.5. The smallest absolute Gasteiger partial charge is 0.128 e. The molecule has 8 heteroatoms. The molecule has 2 aromatic rings. The molecule has 0 atom stereocenters. The second-order valence-electron chi connectivity index (χ2n) is 7.85. The lowest BCUT2D eigenvalue weighted by Gasteiger charge is -2.12. The Labute approximate surface area is 201 Å². The van der Waals surface area contributed by atoms with Crippen LogP contribution in [0.25, 0.3) is 0 Å². The van der Waals surface area contributed by atoms with Gasteiger partial charge in [0.25, 0.3) is 0 Å². The zero-order chi connectivity index (χ0) is 24.8. The molecular formula is C26H36N2O6. The predicted molar refractivity (Wildman–Crippen MR) is 133 cm³/mol. The Morgan fingerprint density at radius 1 is 0.588 bits per heavy atom. The van der Waals surface area contributed by atoms with Gasteiger partial charge in [0.1, 0.15) is 23.0 Å². The van der Waals surface area contributed by atoms with Crippen LogP contribution in [0.5, 0.6) is 23.0 Å². The third-order valence-corrected chi connectivity index (χ3v) is 5.75. The fourth-order valence-electron chi connectivity index (χ4n) is 3.85. The van der Waals surface area contributed by atoms with Gasteiger partial charge in [-0.3, -0.25) is 0 Å². The zero-order valence-corrected chi connectivity index (χ0v) is 20.5. The SMILES string of the molecule is COc1ccc(OC)c(/C(CCCCCCCC/C(=N\O)c2cc(OC)ccc2OC)=N/O)c1. The number of hydrogen-bond donors (Lipinski definition) is 2. The topological polar surface area (TPSA) is 102 Å². The first-order valence-electron chi connectivity index (χ1n) is 11.5. The third-order valence-electron chi connectivity index (χ3n) is 5.75. The van der Waals surface area contributed by atoms with Gasteiger partial charge < -0.3 is 29.4 Å². The minimum Gasteiger partial charge on any atom is -0.497 e. The number of unbranched alkanes of at least 4 members (excludes halogenated alkanes) is 5. The van der Waals surface area contributed by atoms with Crippen LogP contribution in [0.4, 0.5) is 0 Å². The Morgan fingerprint density at radius 2 is 0.971 bits per heavy atom. The van der Waals surface area contributed by atoms with E-state index in [4.69, 9.17) is 18.9 Å². The van der Waals surface area contributed by atoms with E-state index in [2.05, 4.69) is 10.3 Å². The van der Waals surface area contributed by atoms with E-state index in [9.17, 15) is 10.4 Å². The molecule has 0 saturated carbocycles. The molecule has 0 unspecified atom stereocenters. The highest BCUT2D eigenvalue weighted by molar-refractivity contribution is 6.03. The van der Waals surface area contributed by atoms with Crippen molar-refractivity contribution in [2.24, 2.45) is 10.3 Å². The maximum absolute atomic E-state index is 9.52. The Bertz CT molecular complexity index is 881. The molecule has 0 amide bonds. The molecule has 0 aliphatic heterocycles. The minimum atomic E-state index is 0.590. The molecule has 0 aliphatic rings. The van der Waals surface area contributed by atoms with Crippen molar-refractivity contribution in [2.75, 3.05) is 28.4 Å². The number of oxime groups is 2. The molecular weight excluding hydrogens is 436 g/mol. The highest BCUT2D eigenvalue weighted by Gasteiger charge is 2.14. The Kier molecular flexibility index (Phi) is 11.6. The second kappa shape index (κ2) is 14.7. The van der Waals surface area contributed by atoms with Gasteiger partial charge in [-0.15, -0.1) is 0 Å². The van der Waals surface area contributed by atoms with E-state index in [1.807, 2.05) is 36.4 Å². The van der Waals surface area contributed by atoms with Gasteiger partial charge in [-0.1, -0.05) is 36.0 Å². The van der Waals surface area contributed by atoms with Gasteiger partial charge in [0.05, 0.1) is 39.9 Å². The average Bonchev–Trinajstić information content (AvgIpc) is 2.89. The molecule has 0 radical (unpaired) electrons. The van der Waals surface area contributed by atoms with Gasteiger partial charge in [-0.25, -0.2) is 0 Å². The van der Waals surface area contributed by atoms with E-state index < -0.39 is 0 Å². The lowest BCUT2D eigenvalue weighted by atomic mass is 10.00. The standard InChI is InChI=1S/C26H36N2O6/c1-31-19-13-15-25(33-3)21(17-19)23(27-29)11-9-7-5-6-8-10-12-24(28-30)22-18-20(32-2)14-16-26(22)34-4/h13-18,29-30H,5-12H2,1-4H3/b27-23+,28-24+. The number of benzene rings is 2. The quantitative estimate of drug-likeness (QED) is 0.145. The summed E-state index contributed by atoms with van der Waals surface area (Å²) in [5.74, 6) is 2.69. The molecule has 2 aromatic carbocycles. The van der Waals surface area contributed by atoms with Crippen molar-refractivity contribution in [3.05, 3.63) is 47.5 Å². The molecule has 0 spiro atoms. The van der Waals surface area contributed by atoms with Crippen molar-refractivity contribution in [1.29, 1.82) is 0 Å². The first-order valence-corrected chi connectivity index (χ1v) is 11.5. The van der Waals surface area contributed by atoms with Crippen LogP contribution in [0.15, 0.2) is 46.7 Å². The van der Waals surface area contributed by atoms with Crippen molar-refractivity contribution >= 4 is 11.4 Å². The third kappa shape index (κ3) is 7.57. The van der Waals surface area contributed by atoms with Crippen LogP contribution in [0.3, 0.4) is 0 Å². The summed E-state index contributed by atoms with van der Waals surface area (Å²) in [7, 11) is 6.39. The average molecular weight is 473 g/mol. The second-order valence-corrected chi connectivity index (χ2v) is 7.85. The summed E-state index contributed by atoms with van der Waals surface area (Å²) in [5, 5.41) is 26.0. The molecule has 0 aliphatic carbocycles. The fourth-order valence-corrected chi connectivity index (χ4v) is 3.85. The van der Waals surface area contributed by atoms with Gasteiger partial charge in [0.15, 0.2) is 0 Å². The van der Waals surface area contributed by atoms with E-state index in [-0.39, 0.29) is 0 Å². The molecule has 34 heavy (non-hydrogen) atoms. The van der Waals surface area contributed by atoms with Crippen LogP contribution in [0, 0.1) is 0 Å². The summed E-state index contributed by atoms with van der Waals surface area (Å²) < 4.78 is 21.4. The lowest BCUT2D eigenvalue weighted by Crippen LogP contribution is -2.05. The monoisotopic (exact) mass is 472 g/mol. The maximum Gasteiger partial charge on any atom is 0.128 e. The molecule has 0 heterocycles. The molecule has 2 N–H and O–H groups in total. The number of nitrogens with zero attached hydrogens (tertiary/aromatic N) is 2. The summed E-state index contributed by atoms with van der Waals surface area (Å²) in [4.78, 5) is 0. The largest absolute Gasteiger partial charge is 0.497 e. The molecule has 2 rings (SSSR count). The summed E-state index contributed by atoms with van der Waals surface area (Å²) >= 11 is 0. The van der Waals surface area contributed by atoms with Crippen LogP contribution >= 0.6 is 0 Å². The first-order chi connectivity index (χ1) is 16.6. The van der Waals surface area contributed by atoms with Gasteiger partial charge in [-0.05, 0) is 62.1 Å². The Morgan fingerprint density at radius 3 is 1.29 bits per heavy atom. The Hall–Kier alpha value is -3.42. The first kappa shape index (κ1) is 26.8. The summed E-state index contributed by atoms with van der Waals surface area (Å²) in [5.41, 5.74) is 2.67. The fraction of sp³-hybridized carbons (Fsp3) is 0.462. The van der Waals surface area contributed by atoms with E-state index >= 15 is 0 Å². The van der Waals surface area contributed by atoms with Crippen molar-refractivity contribution in [2.45, 2.75) is 51.4 Å². The van der Waals surface area contributed by atoms with Crippen LogP contribution in [-0.2, 0) is 0 Å². The molecule has 186 valence electrons. The summed E-state index contributed by atoms with van der Waals surface area (Å²) in [6.45, 7) is 0. The van der Waals surface area contributed by atoms with Crippen molar-refractivity contribution < 1.29 is 29.4 Å². The van der Waals surface area contributed by atoms with E-state index in [0.29, 0.717) is 47.3 Å². The summed E-state index contributed by atoms with van der Waals surface area (Å²) in [6, 6.07) is 10.9. The van der Waals surface area contributed by atoms with Crippen LogP contribution in [0.2, 0.25) is 0 Å². The number of rotatable bonds is 15. The van der Waals surface area contributed by atoms with E-state index in [1.54, 1.807) is 28.4 Å². The summed E-state index contributed by atoms with van der Waals surface area (Å²) in [6.07, 6.45) is 7.30. The molecule has 0 fully saturated rings. The van der Waals surface area contributed by atoms with Crippen LogP contribution in [0.1, 0.15) is 62.5 Å². The van der Waals surface area contributed by atoms with Crippen molar-refractivity contribution in [3.63, 3.8) is 0 Å². The number of methoxy groups -OCH3 is 4. The minimum absolute atomic E-state index is 0.590. The lowest BCUT2D eigenvalue weighted by molar-refractivity contribution is 0.317. The maximum atomic E-state index is 9.52. The van der Waals surface area contributed by atoms with Gasteiger partial charge in [0, 0.05) is 11.1 Å². The predicted octanol–water partition coefficient (Wildman–Crippen LogP) is 5.90. The molecule has 0 saturated heterocycles. The van der Waals surface area contributed by atoms with Crippen molar-refractivity contribution in [3.8, 4) is 23.0 Å². The van der Waals surface area contributed by atoms with E-state index in [1.165, 1.54) is 0 Å². The van der Waals surface area contributed by atoms with Gasteiger partial charge in [-0.2, -0.15) is 0 Å². The molecule has 8 nitrogen and oxygen atoms in total. The highest BCUT2D eigenvalue weighted by atomic mass is 16.5. The highest BCUT2D eigenvalue weighted by Crippen LogP contribution is 2.28. The number of ether oxygens (including phenoxy) is 4.